The number of amides is 3. The number of oxime groups is 1. The van der Waals surface area contributed by atoms with Crippen molar-refractivity contribution in [2.24, 2.45) is 5.16 Å². The maximum absolute atomic E-state index is 13.2. The number of fused-ring (bicyclic) bond motifs is 1. The van der Waals surface area contributed by atoms with Crippen LogP contribution < -0.4 is 16.4 Å². The van der Waals surface area contributed by atoms with Crippen LogP contribution in [0.3, 0.4) is 0 Å². The van der Waals surface area contributed by atoms with Crippen molar-refractivity contribution in [1.82, 2.24) is 20.5 Å². The Labute approximate surface area is 263 Å². The van der Waals surface area contributed by atoms with E-state index in [1.165, 1.54) is 25.3 Å². The number of nitrogens with one attached hydrogen (secondary N) is 2. The van der Waals surface area contributed by atoms with Crippen LogP contribution in [0.5, 0.6) is 11.5 Å². The fourth-order valence-electron chi connectivity index (χ4n) is 4.33. The first kappa shape index (κ1) is 33.1. The SMILES string of the molecule is CC(C)c1cc(C(=O)NCC2=C(C(=O)O)N3C(=O)C(NC(=O)/C(=N\OC(C)(C)C(=O)O)c4csc(N)n4)[C@H]3SC2)cc(O)c1O. The zero-order valence-electron chi connectivity index (χ0n) is 24.4. The number of phenols is 2. The standard InChI is InChI=1S/C27H30N6O10S2/c1-10(2)13-5-11(6-15(34)19(13)35)20(36)29-7-12-8-44-23-17(22(38)33(23)18(12)24(39)40)31-21(37)16(14-9-45-26(28)30-14)32-43-27(3,4)25(41)42/h5-6,9-10,17,23,34-35H,7-8H2,1-4H3,(H2,28,30)(H,29,36)(H,31,37)(H,39,40)(H,41,42)/b32-16-/t17?,23-/m1/s1. The molecule has 2 atom stereocenters. The number of thiazole rings is 1. The lowest BCUT2D eigenvalue weighted by atomic mass is 9.98. The summed E-state index contributed by atoms with van der Waals surface area (Å²) in [5.74, 6) is -6.02. The number of benzene rings is 1. The molecule has 0 aliphatic carbocycles. The van der Waals surface area contributed by atoms with E-state index in [-0.39, 0.29) is 51.6 Å². The summed E-state index contributed by atoms with van der Waals surface area (Å²) in [5.41, 5.74) is 3.68. The summed E-state index contributed by atoms with van der Waals surface area (Å²) in [4.78, 5) is 73.0. The van der Waals surface area contributed by atoms with Gasteiger partial charge < -0.3 is 41.6 Å². The van der Waals surface area contributed by atoms with Gasteiger partial charge in [-0.25, -0.2) is 14.6 Å². The van der Waals surface area contributed by atoms with Crippen LogP contribution in [0.2, 0.25) is 0 Å². The van der Waals surface area contributed by atoms with E-state index in [1.54, 1.807) is 13.8 Å². The number of hydrogen-bond acceptors (Lipinski definition) is 13. The molecule has 2 aliphatic heterocycles. The number of phenolic OH excluding ortho intramolecular Hbond substituents is 2. The Morgan fingerprint density at radius 3 is 2.49 bits per heavy atom. The smallest absolute Gasteiger partial charge is 0.352 e. The molecular formula is C27H30N6O10S2. The summed E-state index contributed by atoms with van der Waals surface area (Å²) in [6.07, 6.45) is 0. The topological polar surface area (TPSA) is 254 Å². The highest BCUT2D eigenvalue weighted by Gasteiger charge is 2.54. The number of rotatable bonds is 11. The molecule has 240 valence electrons. The molecule has 3 amide bonds. The number of carboxylic acids is 2. The molecule has 0 spiro atoms. The van der Waals surface area contributed by atoms with E-state index in [1.807, 2.05) is 0 Å². The summed E-state index contributed by atoms with van der Waals surface area (Å²) < 4.78 is 0. The van der Waals surface area contributed by atoms with E-state index < -0.39 is 58.1 Å². The molecule has 45 heavy (non-hydrogen) atoms. The van der Waals surface area contributed by atoms with Crippen molar-refractivity contribution in [3.63, 3.8) is 0 Å². The summed E-state index contributed by atoms with van der Waals surface area (Å²) in [7, 11) is 0. The highest BCUT2D eigenvalue weighted by molar-refractivity contribution is 8.00. The monoisotopic (exact) mass is 662 g/mol. The van der Waals surface area contributed by atoms with Crippen LogP contribution in [0.4, 0.5) is 5.13 Å². The Hall–Kier alpha value is -4.84. The molecule has 18 heteroatoms. The molecule has 4 rings (SSSR count). The van der Waals surface area contributed by atoms with Gasteiger partial charge in [0.15, 0.2) is 22.3 Å². The van der Waals surface area contributed by atoms with E-state index in [0.717, 1.165) is 34.1 Å². The first-order valence-electron chi connectivity index (χ1n) is 13.3. The van der Waals surface area contributed by atoms with Crippen LogP contribution in [0.15, 0.2) is 33.9 Å². The number of nitrogens with two attached hydrogens (primary N) is 1. The molecule has 16 nitrogen and oxygen atoms in total. The molecule has 1 aromatic heterocycles. The third kappa shape index (κ3) is 6.65. The third-order valence-corrected chi connectivity index (χ3v) is 8.88. The second kappa shape index (κ2) is 12.6. The van der Waals surface area contributed by atoms with Crippen molar-refractivity contribution in [2.45, 2.75) is 50.6 Å². The number of carboxylic acid groups (broad SMARTS) is 2. The molecule has 2 aromatic rings. The van der Waals surface area contributed by atoms with Gasteiger partial charge in [-0.2, -0.15) is 0 Å². The van der Waals surface area contributed by atoms with Crippen molar-refractivity contribution in [3.05, 3.63) is 45.6 Å². The predicted octanol–water partition coefficient (Wildman–Crippen LogP) is 1.01. The van der Waals surface area contributed by atoms with Gasteiger partial charge in [0.05, 0.1) is 0 Å². The number of nitrogen functional groups attached to an aromatic ring is 1. The first-order chi connectivity index (χ1) is 21.0. The van der Waals surface area contributed by atoms with Crippen LogP contribution in [-0.2, 0) is 24.0 Å². The Balaban J connectivity index is 1.51. The predicted molar refractivity (Wildman–Crippen MR) is 162 cm³/mol. The number of thioether (sulfide) groups is 1. The lowest BCUT2D eigenvalue weighted by molar-refractivity contribution is -0.161. The molecule has 2 aliphatic rings. The fraction of sp³-hybridized carbons (Fsp3) is 0.370. The average molecular weight is 663 g/mol. The molecule has 1 aromatic carbocycles. The van der Waals surface area contributed by atoms with Crippen LogP contribution in [0.1, 0.15) is 55.2 Å². The molecule has 3 heterocycles. The molecule has 1 saturated heterocycles. The number of anilines is 1. The minimum absolute atomic E-state index is 0.0253. The maximum Gasteiger partial charge on any atom is 0.352 e. The maximum atomic E-state index is 13.2. The molecule has 0 bridgehead atoms. The fourth-order valence-corrected chi connectivity index (χ4v) is 6.22. The van der Waals surface area contributed by atoms with Crippen molar-refractivity contribution in [3.8, 4) is 11.5 Å². The lowest BCUT2D eigenvalue weighted by Gasteiger charge is -2.49. The van der Waals surface area contributed by atoms with Crippen LogP contribution in [0, 0.1) is 0 Å². The van der Waals surface area contributed by atoms with Crippen LogP contribution in [-0.4, -0.2) is 95.0 Å². The molecular weight excluding hydrogens is 632 g/mol. The van der Waals surface area contributed by atoms with Gasteiger partial charge in [0, 0.05) is 28.8 Å². The Kier molecular flexibility index (Phi) is 9.29. The van der Waals surface area contributed by atoms with Gasteiger partial charge in [-0.15, -0.1) is 23.1 Å². The van der Waals surface area contributed by atoms with Crippen molar-refractivity contribution in [1.29, 1.82) is 0 Å². The number of aromatic hydroxyl groups is 2. The molecule has 8 N–H and O–H groups in total. The van der Waals surface area contributed by atoms with Crippen molar-refractivity contribution >= 4 is 63.6 Å². The summed E-state index contributed by atoms with van der Waals surface area (Å²) >= 11 is 2.14. The van der Waals surface area contributed by atoms with Gasteiger partial charge in [0.1, 0.15) is 22.8 Å². The van der Waals surface area contributed by atoms with Crippen molar-refractivity contribution < 1.29 is 49.2 Å². The number of carbonyl (C=O) groups excluding carboxylic acids is 3. The van der Waals surface area contributed by atoms with Crippen LogP contribution in [0.25, 0.3) is 0 Å². The first-order valence-corrected chi connectivity index (χ1v) is 15.2. The molecule has 1 fully saturated rings. The highest BCUT2D eigenvalue weighted by Crippen LogP contribution is 2.40. The minimum Gasteiger partial charge on any atom is -0.504 e. The van der Waals surface area contributed by atoms with Gasteiger partial charge in [-0.05, 0) is 37.5 Å². The van der Waals surface area contributed by atoms with Crippen LogP contribution >= 0.6 is 23.1 Å². The zero-order valence-corrected chi connectivity index (χ0v) is 26.0. The second-order valence-electron chi connectivity index (χ2n) is 10.8. The quantitative estimate of drug-likeness (QED) is 0.0768. The minimum atomic E-state index is -1.80. The average Bonchev–Trinajstić information content (AvgIpc) is 3.40. The largest absolute Gasteiger partial charge is 0.504 e. The summed E-state index contributed by atoms with van der Waals surface area (Å²) in [6.45, 7) is 5.73. The Morgan fingerprint density at radius 2 is 1.91 bits per heavy atom. The number of hydrogen-bond donors (Lipinski definition) is 7. The van der Waals surface area contributed by atoms with E-state index in [2.05, 4.69) is 20.8 Å². The number of β-lactam (4-membered cyclic amide) rings is 1. The molecule has 0 saturated carbocycles. The number of aromatic nitrogens is 1. The van der Waals surface area contributed by atoms with E-state index in [0.29, 0.717) is 5.56 Å². The van der Waals surface area contributed by atoms with Gasteiger partial charge >= 0.3 is 11.9 Å². The highest BCUT2D eigenvalue weighted by atomic mass is 32.2. The number of nitrogens with zero attached hydrogens (tertiary/aromatic N) is 3. The zero-order chi connectivity index (χ0) is 33.4. The number of aliphatic carboxylic acids is 2. The summed E-state index contributed by atoms with van der Waals surface area (Å²) in [5, 5.41) is 48.9. The third-order valence-electron chi connectivity index (χ3n) is 6.86. The van der Waals surface area contributed by atoms with Gasteiger partial charge in [-0.1, -0.05) is 19.0 Å². The normalized spacial score (nSPS) is 18.3. The Morgan fingerprint density at radius 1 is 1.22 bits per heavy atom. The number of carbonyl (C=O) groups is 5. The van der Waals surface area contributed by atoms with Gasteiger partial charge in [0.25, 0.3) is 17.7 Å². The Bertz CT molecular complexity index is 1650. The van der Waals surface area contributed by atoms with Gasteiger partial charge in [0.2, 0.25) is 5.60 Å². The van der Waals surface area contributed by atoms with E-state index >= 15 is 0 Å². The van der Waals surface area contributed by atoms with E-state index in [4.69, 9.17) is 10.6 Å². The second-order valence-corrected chi connectivity index (χ2v) is 12.8. The summed E-state index contributed by atoms with van der Waals surface area (Å²) in [6, 6.07) is 1.34. The molecule has 1 unspecified atom stereocenters. The van der Waals surface area contributed by atoms with E-state index in [9.17, 15) is 44.4 Å². The van der Waals surface area contributed by atoms with Crippen molar-refractivity contribution in [2.75, 3.05) is 18.0 Å². The lowest BCUT2D eigenvalue weighted by Crippen LogP contribution is -2.71. The van der Waals surface area contributed by atoms with Gasteiger partial charge in [-0.3, -0.25) is 19.3 Å². The molecule has 0 radical (unpaired) electrons.